The third-order valence-corrected chi connectivity index (χ3v) is 8.34. The van der Waals surface area contributed by atoms with Gasteiger partial charge in [-0.1, -0.05) is 12.0 Å². The fourth-order valence-corrected chi connectivity index (χ4v) is 5.59. The monoisotopic (exact) mass is 660 g/mol. The summed E-state index contributed by atoms with van der Waals surface area (Å²) in [5, 5.41) is 7.26. The van der Waals surface area contributed by atoms with Crippen molar-refractivity contribution in [3.8, 4) is 17.6 Å². The number of anilines is 2. The van der Waals surface area contributed by atoms with E-state index in [1.807, 2.05) is 6.07 Å². The molecule has 4 rings (SSSR count). The second-order valence-electron chi connectivity index (χ2n) is 9.09. The Hall–Kier alpha value is -2.63. The molecule has 0 atom stereocenters. The number of ether oxygens (including phenoxy) is 1. The Kier molecular flexibility index (Phi) is 8.68. The minimum Gasteiger partial charge on any atom is -0.495 e. The molecular formula is C26H28F3IN4O3S. The summed E-state index contributed by atoms with van der Waals surface area (Å²) in [6, 6.07) is 11.7. The number of nitrogens with zero attached hydrogens (tertiary/aromatic N) is 2. The SMILES string of the molecule is COc1cc(S(C)(=O)=O)ccc1NCC#Cc1cc2c(NC3CCN(I)CC3)cccc2n1CC(F)(F)F. The Balaban J connectivity index is 1.59. The highest BCUT2D eigenvalue weighted by atomic mass is 127. The molecule has 2 N–H and O–H groups in total. The summed E-state index contributed by atoms with van der Waals surface area (Å²) in [4.78, 5) is 0.118. The number of alkyl halides is 3. The van der Waals surface area contributed by atoms with Crippen molar-refractivity contribution in [3.05, 3.63) is 48.2 Å². The first-order chi connectivity index (χ1) is 17.9. The molecule has 0 bridgehead atoms. The number of hydrogen-bond acceptors (Lipinski definition) is 6. The van der Waals surface area contributed by atoms with Crippen molar-refractivity contribution in [2.45, 2.75) is 36.5 Å². The molecule has 2 heterocycles. The number of halogens is 4. The van der Waals surface area contributed by atoms with Crippen LogP contribution in [0.2, 0.25) is 0 Å². The summed E-state index contributed by atoms with van der Waals surface area (Å²) >= 11 is 2.30. The van der Waals surface area contributed by atoms with E-state index in [-0.39, 0.29) is 23.2 Å². The van der Waals surface area contributed by atoms with Crippen molar-refractivity contribution in [2.75, 3.05) is 43.6 Å². The smallest absolute Gasteiger partial charge is 0.406 e. The van der Waals surface area contributed by atoms with Crippen molar-refractivity contribution in [3.63, 3.8) is 0 Å². The van der Waals surface area contributed by atoms with Gasteiger partial charge in [0.2, 0.25) is 0 Å². The van der Waals surface area contributed by atoms with E-state index < -0.39 is 22.6 Å². The van der Waals surface area contributed by atoms with Crippen LogP contribution in [-0.4, -0.2) is 61.3 Å². The maximum absolute atomic E-state index is 13.5. The van der Waals surface area contributed by atoms with Crippen LogP contribution < -0.4 is 15.4 Å². The Morgan fingerprint density at radius 2 is 1.87 bits per heavy atom. The first-order valence-electron chi connectivity index (χ1n) is 11.9. The van der Waals surface area contributed by atoms with E-state index in [4.69, 9.17) is 4.74 Å². The lowest BCUT2D eigenvalue weighted by Gasteiger charge is -2.29. The zero-order chi connectivity index (χ0) is 27.5. The zero-order valence-electron chi connectivity index (χ0n) is 20.9. The van der Waals surface area contributed by atoms with Crippen LogP contribution in [0, 0.1) is 11.8 Å². The van der Waals surface area contributed by atoms with Gasteiger partial charge >= 0.3 is 6.18 Å². The third-order valence-electron chi connectivity index (χ3n) is 6.27. The van der Waals surface area contributed by atoms with Crippen LogP contribution in [0.5, 0.6) is 5.75 Å². The molecule has 1 aliphatic heterocycles. The largest absolute Gasteiger partial charge is 0.495 e. The number of fused-ring (bicyclic) bond motifs is 1. The number of rotatable bonds is 7. The van der Waals surface area contributed by atoms with E-state index in [0.29, 0.717) is 22.3 Å². The summed E-state index contributed by atoms with van der Waals surface area (Å²) in [6.07, 6.45) is -1.40. The van der Waals surface area contributed by atoms with Crippen molar-refractivity contribution in [1.29, 1.82) is 0 Å². The Morgan fingerprint density at radius 3 is 2.53 bits per heavy atom. The van der Waals surface area contributed by atoms with Gasteiger partial charge in [0.05, 0.1) is 35.4 Å². The number of sulfone groups is 1. The van der Waals surface area contributed by atoms with E-state index in [0.717, 1.165) is 37.9 Å². The molecule has 38 heavy (non-hydrogen) atoms. The maximum atomic E-state index is 13.5. The lowest BCUT2D eigenvalue weighted by Crippen LogP contribution is -2.33. The van der Waals surface area contributed by atoms with Gasteiger partial charge in [-0.25, -0.2) is 11.5 Å². The first-order valence-corrected chi connectivity index (χ1v) is 14.8. The molecule has 0 saturated carbocycles. The highest BCUT2D eigenvalue weighted by molar-refractivity contribution is 14.1. The van der Waals surface area contributed by atoms with Gasteiger partial charge in [-0.2, -0.15) is 13.2 Å². The van der Waals surface area contributed by atoms with E-state index in [2.05, 4.69) is 48.5 Å². The fourth-order valence-electron chi connectivity index (χ4n) is 4.40. The van der Waals surface area contributed by atoms with Gasteiger partial charge in [0.15, 0.2) is 9.84 Å². The van der Waals surface area contributed by atoms with Gasteiger partial charge in [0, 0.05) is 65.4 Å². The highest BCUT2D eigenvalue weighted by Gasteiger charge is 2.30. The number of aromatic nitrogens is 1. The Labute approximate surface area is 234 Å². The standard InChI is InChI=1S/C26H28F3IN4O3S/c1-37-25-16-20(38(2,35)36)8-9-23(25)31-12-4-5-19-15-21-22(32-18-10-13-33(30)14-11-18)6-3-7-24(21)34(19)17-26(27,28)29/h3,6-9,15-16,18,31-32H,10-14,17H2,1-2H3. The van der Waals surface area contributed by atoms with Crippen LogP contribution in [0.15, 0.2) is 47.4 Å². The molecule has 0 unspecified atom stereocenters. The van der Waals surface area contributed by atoms with Crippen molar-refractivity contribution in [1.82, 2.24) is 7.68 Å². The Morgan fingerprint density at radius 1 is 1.13 bits per heavy atom. The fraction of sp³-hybridized carbons (Fsp3) is 0.385. The maximum Gasteiger partial charge on any atom is 0.406 e. The normalized spacial score (nSPS) is 15.2. The molecule has 0 aliphatic carbocycles. The number of benzene rings is 2. The molecule has 0 amide bonds. The number of hydrogen-bond donors (Lipinski definition) is 2. The molecule has 12 heteroatoms. The molecule has 204 valence electrons. The molecule has 1 aromatic heterocycles. The number of nitrogens with one attached hydrogen (secondary N) is 2. The molecule has 7 nitrogen and oxygen atoms in total. The predicted octanol–water partition coefficient (Wildman–Crippen LogP) is 5.31. The van der Waals surface area contributed by atoms with E-state index in [1.165, 1.54) is 23.8 Å². The van der Waals surface area contributed by atoms with Crippen molar-refractivity contribution >= 4 is 55.0 Å². The second kappa shape index (κ2) is 11.6. The molecule has 2 aromatic carbocycles. The van der Waals surface area contributed by atoms with Gasteiger partial charge in [0.1, 0.15) is 12.3 Å². The molecule has 0 spiro atoms. The first kappa shape index (κ1) is 28.4. The minimum atomic E-state index is -4.41. The lowest BCUT2D eigenvalue weighted by molar-refractivity contribution is -0.140. The van der Waals surface area contributed by atoms with Crippen LogP contribution in [0.25, 0.3) is 10.9 Å². The summed E-state index contributed by atoms with van der Waals surface area (Å²) in [5.74, 6) is 6.10. The quantitative estimate of drug-likeness (QED) is 0.204. The highest BCUT2D eigenvalue weighted by Crippen LogP contribution is 2.32. The van der Waals surface area contributed by atoms with Gasteiger partial charge < -0.3 is 19.9 Å². The predicted molar refractivity (Wildman–Crippen MR) is 152 cm³/mol. The van der Waals surface area contributed by atoms with Crippen LogP contribution in [0.3, 0.4) is 0 Å². The summed E-state index contributed by atoms with van der Waals surface area (Å²) in [5.41, 5.74) is 2.05. The topological polar surface area (TPSA) is 75.6 Å². The average Bonchev–Trinajstić information content (AvgIpc) is 3.19. The Bertz CT molecular complexity index is 1470. The van der Waals surface area contributed by atoms with Gasteiger partial charge in [0.25, 0.3) is 0 Å². The molecule has 1 aliphatic rings. The van der Waals surface area contributed by atoms with Crippen LogP contribution in [0.1, 0.15) is 18.5 Å². The second-order valence-corrected chi connectivity index (χ2v) is 12.5. The average molecular weight is 661 g/mol. The van der Waals surface area contributed by atoms with Gasteiger partial charge in [-0.15, -0.1) is 0 Å². The van der Waals surface area contributed by atoms with Crippen LogP contribution in [-0.2, 0) is 16.4 Å². The zero-order valence-corrected chi connectivity index (χ0v) is 23.9. The third kappa shape index (κ3) is 7.06. The summed E-state index contributed by atoms with van der Waals surface area (Å²) in [6.45, 7) is 0.872. The lowest BCUT2D eigenvalue weighted by atomic mass is 10.1. The molecule has 0 radical (unpaired) electrons. The number of piperidine rings is 1. The van der Waals surface area contributed by atoms with Crippen molar-refractivity contribution < 1.29 is 26.3 Å². The molecule has 1 saturated heterocycles. The molecular weight excluding hydrogens is 632 g/mol. The minimum absolute atomic E-state index is 0.113. The van der Waals surface area contributed by atoms with Crippen molar-refractivity contribution in [2.24, 2.45) is 0 Å². The van der Waals surface area contributed by atoms with E-state index >= 15 is 0 Å². The summed E-state index contributed by atoms with van der Waals surface area (Å²) in [7, 11) is -1.98. The van der Waals surface area contributed by atoms with Crippen LogP contribution >= 0.6 is 22.9 Å². The van der Waals surface area contributed by atoms with Gasteiger partial charge in [-0.05, 0) is 49.1 Å². The van der Waals surface area contributed by atoms with Crippen LogP contribution in [0.4, 0.5) is 24.5 Å². The summed E-state index contributed by atoms with van der Waals surface area (Å²) < 4.78 is 72.8. The van der Waals surface area contributed by atoms with Gasteiger partial charge in [-0.3, -0.25) is 0 Å². The number of methoxy groups -OCH3 is 1. The van der Waals surface area contributed by atoms with E-state index in [9.17, 15) is 21.6 Å². The molecule has 1 fully saturated rings. The molecule has 3 aromatic rings. The van der Waals surface area contributed by atoms with E-state index in [1.54, 1.807) is 24.3 Å².